The minimum absolute atomic E-state index is 0.783. The van der Waals surface area contributed by atoms with Gasteiger partial charge >= 0.3 is 0 Å². The van der Waals surface area contributed by atoms with E-state index in [9.17, 15) is 76.3 Å². The first-order chi connectivity index (χ1) is 22.6. The van der Waals surface area contributed by atoms with Gasteiger partial charge in [-0.3, -0.25) is 4.79 Å². The molecule has 1 amide bonds. The molecule has 0 bridgehead atoms. The second-order valence-electron chi connectivity index (χ2n) is 11.6. The monoisotopic (exact) mass is 709 g/mol. The van der Waals surface area contributed by atoms with Crippen LogP contribution in [0, 0.1) is 0 Å². The van der Waals surface area contributed by atoms with Crippen LogP contribution in [0.3, 0.4) is 0 Å². The van der Waals surface area contributed by atoms with Gasteiger partial charge in [0.2, 0.25) is 5.91 Å². The normalized spacial score (nSPS) is 43.3. The third-order valence-corrected chi connectivity index (χ3v) is 8.25. The largest absolute Gasteiger partial charge is 0.394 e. The molecule has 3 aliphatic rings. The molecule has 0 spiro atoms. The number of nitrogens with one attached hydrogen (secondary N) is 1. The molecular formula is C26H47NO21. The van der Waals surface area contributed by atoms with Crippen molar-refractivity contribution < 1.29 is 105 Å². The fraction of sp³-hybridized carbons (Fsp3) is 0.962. The van der Waals surface area contributed by atoms with Gasteiger partial charge in [0.05, 0.1) is 33.0 Å². The maximum atomic E-state index is 12.3. The molecule has 3 rings (SSSR count). The lowest BCUT2D eigenvalue weighted by molar-refractivity contribution is -0.371. The van der Waals surface area contributed by atoms with Crippen molar-refractivity contribution in [1.29, 1.82) is 0 Å². The Morgan fingerprint density at radius 2 is 1.10 bits per heavy atom. The molecule has 0 aliphatic carbocycles. The number of ether oxygens (including phenoxy) is 6. The van der Waals surface area contributed by atoms with E-state index in [2.05, 4.69) is 5.32 Å². The fourth-order valence-corrected chi connectivity index (χ4v) is 5.53. The smallest absolute Gasteiger partial charge is 0.217 e. The molecule has 3 saturated heterocycles. The lowest BCUT2D eigenvalue weighted by Gasteiger charge is -2.49. The zero-order valence-electron chi connectivity index (χ0n) is 25.6. The van der Waals surface area contributed by atoms with E-state index >= 15 is 0 Å². The van der Waals surface area contributed by atoms with Crippen LogP contribution in [0.5, 0.6) is 0 Å². The van der Waals surface area contributed by atoms with Crippen molar-refractivity contribution in [1.82, 2.24) is 5.32 Å². The molecule has 0 aromatic rings. The highest BCUT2D eigenvalue weighted by molar-refractivity contribution is 5.73. The molecule has 22 nitrogen and oxygen atoms in total. The Morgan fingerprint density at radius 3 is 1.62 bits per heavy atom. The van der Waals surface area contributed by atoms with Crippen LogP contribution >= 0.6 is 0 Å². The zero-order valence-corrected chi connectivity index (χ0v) is 25.6. The molecule has 3 aliphatic heterocycles. The molecule has 0 radical (unpaired) electrons. The lowest BCUT2D eigenvalue weighted by Crippen LogP contribution is -2.70. The highest BCUT2D eigenvalue weighted by Gasteiger charge is 2.55. The molecule has 19 atom stereocenters. The summed E-state index contributed by atoms with van der Waals surface area (Å²) < 4.78 is 33.3. The van der Waals surface area contributed by atoms with Crippen molar-refractivity contribution in [2.24, 2.45) is 0 Å². The molecule has 282 valence electrons. The number of rotatable bonds is 15. The maximum absolute atomic E-state index is 12.3. The zero-order chi connectivity index (χ0) is 36.0. The number of hydrogen-bond acceptors (Lipinski definition) is 21. The van der Waals surface area contributed by atoms with Crippen molar-refractivity contribution >= 4 is 5.91 Å². The maximum Gasteiger partial charge on any atom is 0.217 e. The third-order valence-electron chi connectivity index (χ3n) is 8.25. The number of hydrogen-bond donors (Lipinski definition) is 15. The van der Waals surface area contributed by atoms with Crippen LogP contribution in [-0.4, -0.2) is 227 Å². The van der Waals surface area contributed by atoms with Crippen LogP contribution in [0.15, 0.2) is 0 Å². The molecule has 0 unspecified atom stereocenters. The highest BCUT2D eigenvalue weighted by atomic mass is 16.7. The summed E-state index contributed by atoms with van der Waals surface area (Å²) >= 11 is 0. The Balaban J connectivity index is 1.94. The summed E-state index contributed by atoms with van der Waals surface area (Å²) in [6.07, 6.45) is -33.3. The minimum Gasteiger partial charge on any atom is -0.394 e. The van der Waals surface area contributed by atoms with Crippen LogP contribution in [0.2, 0.25) is 0 Å². The summed E-state index contributed by atoms with van der Waals surface area (Å²) in [6, 6.07) is -1.63. The van der Waals surface area contributed by atoms with Crippen molar-refractivity contribution in [3.8, 4) is 0 Å². The summed E-state index contributed by atoms with van der Waals surface area (Å²) in [5.74, 6) is -0.783. The summed E-state index contributed by atoms with van der Waals surface area (Å²) in [5.41, 5.74) is 0. The summed E-state index contributed by atoms with van der Waals surface area (Å²) in [5, 5.41) is 145. The van der Waals surface area contributed by atoms with E-state index in [1.54, 1.807) is 0 Å². The van der Waals surface area contributed by atoms with E-state index in [4.69, 9.17) is 28.4 Å². The fourth-order valence-electron chi connectivity index (χ4n) is 5.53. The molecule has 48 heavy (non-hydrogen) atoms. The minimum atomic E-state index is -2.11. The van der Waals surface area contributed by atoms with Crippen molar-refractivity contribution in [2.75, 3.05) is 33.0 Å². The van der Waals surface area contributed by atoms with Gasteiger partial charge in [-0.2, -0.15) is 0 Å². The van der Waals surface area contributed by atoms with Crippen molar-refractivity contribution in [3.05, 3.63) is 0 Å². The predicted octanol–water partition coefficient (Wildman–Crippen LogP) is -9.97. The first kappa shape index (κ1) is 41.1. The molecule has 3 heterocycles. The van der Waals surface area contributed by atoms with E-state index in [1.807, 2.05) is 0 Å². The van der Waals surface area contributed by atoms with Crippen LogP contribution < -0.4 is 5.32 Å². The van der Waals surface area contributed by atoms with Gasteiger partial charge in [-0.1, -0.05) is 0 Å². The average molecular weight is 710 g/mol. The Morgan fingerprint density at radius 1 is 0.625 bits per heavy atom. The standard InChI is InChI=1S/C26H47NO21/c1-7(33)27-13-22(47-25-19(41)18(40)15(37)10(4-30)44-25)16(38)11(5-31)43-24(13)48-23-17(39)12(6-32)45-26(20(23)42)46-21(9(35)3-29)14(36)8(34)2-28/h8-26,28-32,34-42H,2-6H2,1H3,(H,27,33)/t8-,9+,10+,11+,12+,13+,14+,15-,16-,17-,18-,19+,20+,21+,22+,23-,24-,25-,26-/m0/s1. The number of aliphatic hydroxyl groups excluding tert-OH is 14. The number of carbonyl (C=O) groups excluding carboxylic acids is 1. The van der Waals surface area contributed by atoms with Gasteiger partial charge < -0.3 is 105 Å². The van der Waals surface area contributed by atoms with Gasteiger partial charge in [-0.15, -0.1) is 0 Å². The summed E-state index contributed by atoms with van der Waals surface area (Å²) in [6.45, 7) is -3.70. The van der Waals surface area contributed by atoms with Gasteiger partial charge in [0.1, 0.15) is 97.6 Å². The Labute approximate surface area is 272 Å². The Hall–Kier alpha value is -1.33. The summed E-state index contributed by atoms with van der Waals surface area (Å²) in [7, 11) is 0. The van der Waals surface area contributed by atoms with Gasteiger partial charge in [-0.05, 0) is 0 Å². The first-order valence-corrected chi connectivity index (χ1v) is 15.0. The molecule has 3 fully saturated rings. The third kappa shape index (κ3) is 9.12. The SMILES string of the molecule is CC(=O)N[C@H]1[C@H](O[C@H]2[C@@H](O)[C@@H](CO)O[C@@H](O[C@@H]([C@H](O)[C@@H](O)CO)[C@H](O)CO)[C@@H]2O)O[C@H](CO)[C@H](O)[C@@H]1O[C@@H]1O[C@H](CO)[C@H](O)[C@H](O)[C@H]1O. The lowest BCUT2D eigenvalue weighted by atomic mass is 9.94. The van der Waals surface area contributed by atoms with Crippen LogP contribution in [0.25, 0.3) is 0 Å². The van der Waals surface area contributed by atoms with Crippen molar-refractivity contribution in [2.45, 2.75) is 123 Å². The average Bonchev–Trinajstić information content (AvgIpc) is 3.07. The van der Waals surface area contributed by atoms with E-state index in [0.29, 0.717) is 0 Å². The van der Waals surface area contributed by atoms with Gasteiger partial charge in [0, 0.05) is 6.92 Å². The van der Waals surface area contributed by atoms with Gasteiger partial charge in [-0.25, -0.2) is 0 Å². The Bertz CT molecular complexity index is 982. The number of amides is 1. The van der Waals surface area contributed by atoms with Crippen molar-refractivity contribution in [3.63, 3.8) is 0 Å². The quantitative estimate of drug-likeness (QED) is 0.0750. The predicted molar refractivity (Wildman–Crippen MR) is 148 cm³/mol. The second kappa shape index (κ2) is 18.2. The van der Waals surface area contributed by atoms with Crippen LogP contribution in [0.1, 0.15) is 6.92 Å². The topological polar surface area (TPSA) is 368 Å². The number of aliphatic hydroxyl groups is 14. The van der Waals surface area contributed by atoms with E-state index in [1.165, 1.54) is 0 Å². The van der Waals surface area contributed by atoms with Crippen LogP contribution in [0.4, 0.5) is 0 Å². The molecule has 0 aromatic heterocycles. The molecular weight excluding hydrogens is 662 g/mol. The summed E-state index contributed by atoms with van der Waals surface area (Å²) in [4.78, 5) is 12.3. The molecule has 15 N–H and O–H groups in total. The highest BCUT2D eigenvalue weighted by Crippen LogP contribution is 2.33. The van der Waals surface area contributed by atoms with Crippen LogP contribution in [-0.2, 0) is 33.2 Å². The Kier molecular flexibility index (Phi) is 15.6. The number of carbonyl (C=O) groups is 1. The van der Waals surface area contributed by atoms with Gasteiger partial charge in [0.15, 0.2) is 18.9 Å². The first-order valence-electron chi connectivity index (χ1n) is 15.0. The van der Waals surface area contributed by atoms with E-state index in [-0.39, 0.29) is 0 Å². The van der Waals surface area contributed by atoms with Gasteiger partial charge in [0.25, 0.3) is 0 Å². The van der Waals surface area contributed by atoms with E-state index < -0.39 is 155 Å². The second-order valence-corrected chi connectivity index (χ2v) is 11.6. The molecule has 22 heteroatoms. The molecule has 0 saturated carbocycles. The molecule has 0 aromatic carbocycles. The van der Waals surface area contributed by atoms with E-state index in [0.717, 1.165) is 6.92 Å².